The van der Waals surface area contributed by atoms with Crippen LogP contribution in [0.4, 0.5) is 16.2 Å². The molecule has 1 aliphatic heterocycles. The highest BCUT2D eigenvalue weighted by Gasteiger charge is 2.22. The van der Waals surface area contributed by atoms with E-state index in [-0.39, 0.29) is 6.03 Å². The number of nitrogens with one attached hydrogen (secondary N) is 1. The summed E-state index contributed by atoms with van der Waals surface area (Å²) in [7, 11) is 0. The first-order valence-electron chi connectivity index (χ1n) is 8.28. The summed E-state index contributed by atoms with van der Waals surface area (Å²) in [4.78, 5) is 16.6. The Morgan fingerprint density at radius 1 is 1.04 bits per heavy atom. The minimum Gasteiger partial charge on any atom is -0.368 e. The third-order valence-corrected chi connectivity index (χ3v) is 5.28. The lowest BCUT2D eigenvalue weighted by molar-refractivity contribution is 0.208. The maximum atomic E-state index is 12.5. The van der Waals surface area contributed by atoms with Crippen LogP contribution < -0.4 is 10.2 Å². The number of hydrogen-bond donors (Lipinski definition) is 1. The minimum atomic E-state index is -0.148. The van der Waals surface area contributed by atoms with Gasteiger partial charge < -0.3 is 15.1 Å². The van der Waals surface area contributed by atoms with Crippen LogP contribution in [0.25, 0.3) is 0 Å². The summed E-state index contributed by atoms with van der Waals surface area (Å²) in [6, 6.07) is 11.5. The van der Waals surface area contributed by atoms with E-state index in [1.54, 1.807) is 23.1 Å². The third-order valence-electron chi connectivity index (χ3n) is 4.47. The van der Waals surface area contributed by atoms with Crippen molar-refractivity contribution < 1.29 is 4.79 Å². The quantitative estimate of drug-likeness (QED) is 0.801. The molecule has 0 aliphatic carbocycles. The predicted molar refractivity (Wildman–Crippen MR) is 105 cm³/mol. The Balaban J connectivity index is 1.63. The highest BCUT2D eigenvalue weighted by atomic mass is 35.5. The van der Waals surface area contributed by atoms with Crippen molar-refractivity contribution in [3.05, 3.63) is 57.6 Å². The first-order valence-corrected chi connectivity index (χ1v) is 9.03. The summed E-state index contributed by atoms with van der Waals surface area (Å²) in [5, 5.41) is 3.64. The highest BCUT2D eigenvalue weighted by molar-refractivity contribution is 6.43. The monoisotopic (exact) mass is 377 g/mol. The van der Waals surface area contributed by atoms with Crippen molar-refractivity contribution in [1.29, 1.82) is 0 Å². The molecule has 2 aromatic carbocycles. The van der Waals surface area contributed by atoms with Crippen LogP contribution in [0.2, 0.25) is 10.0 Å². The van der Waals surface area contributed by atoms with Crippen LogP contribution in [-0.4, -0.2) is 37.1 Å². The summed E-state index contributed by atoms with van der Waals surface area (Å²) in [5.74, 6) is 0. The van der Waals surface area contributed by atoms with Crippen LogP contribution in [0.15, 0.2) is 36.4 Å². The third kappa shape index (κ3) is 4.02. The van der Waals surface area contributed by atoms with Gasteiger partial charge in [-0.3, -0.25) is 0 Å². The van der Waals surface area contributed by atoms with Gasteiger partial charge in [-0.25, -0.2) is 4.79 Å². The highest BCUT2D eigenvalue weighted by Crippen LogP contribution is 2.30. The number of anilines is 2. The molecule has 0 radical (unpaired) electrons. The smallest absolute Gasteiger partial charge is 0.322 e. The number of halogens is 2. The maximum absolute atomic E-state index is 12.5. The van der Waals surface area contributed by atoms with Crippen molar-refractivity contribution in [3.8, 4) is 0 Å². The van der Waals surface area contributed by atoms with Crippen molar-refractivity contribution in [2.24, 2.45) is 0 Å². The number of hydrogen-bond acceptors (Lipinski definition) is 2. The van der Waals surface area contributed by atoms with Gasteiger partial charge in [-0.05, 0) is 43.2 Å². The van der Waals surface area contributed by atoms with Crippen LogP contribution in [0.5, 0.6) is 0 Å². The zero-order valence-electron chi connectivity index (χ0n) is 14.4. The lowest BCUT2D eigenvalue weighted by Gasteiger charge is -2.37. The second-order valence-electron chi connectivity index (χ2n) is 6.30. The fourth-order valence-corrected chi connectivity index (χ4v) is 3.35. The van der Waals surface area contributed by atoms with Gasteiger partial charge in [0.05, 0.1) is 15.7 Å². The van der Waals surface area contributed by atoms with E-state index in [0.29, 0.717) is 28.8 Å². The van der Waals surface area contributed by atoms with E-state index >= 15 is 0 Å². The molecule has 4 nitrogen and oxygen atoms in total. The van der Waals surface area contributed by atoms with Crippen LogP contribution >= 0.6 is 23.2 Å². The lowest BCUT2D eigenvalue weighted by atomic mass is 10.1. The Kier molecular flexibility index (Phi) is 5.40. The zero-order valence-corrected chi connectivity index (χ0v) is 15.9. The SMILES string of the molecule is Cc1ccc(C)c(N2CCN(C(=O)Nc3cccc(Cl)c3Cl)CC2)c1. The molecule has 25 heavy (non-hydrogen) atoms. The number of carbonyl (C=O) groups excluding carboxylic acids is 1. The van der Waals surface area contributed by atoms with Gasteiger partial charge in [0, 0.05) is 31.9 Å². The number of urea groups is 1. The van der Waals surface area contributed by atoms with Gasteiger partial charge in [-0.1, -0.05) is 41.4 Å². The van der Waals surface area contributed by atoms with Crippen LogP contribution in [-0.2, 0) is 0 Å². The van der Waals surface area contributed by atoms with E-state index in [9.17, 15) is 4.79 Å². The first-order chi connectivity index (χ1) is 12.0. The number of amides is 2. The zero-order chi connectivity index (χ0) is 18.0. The normalized spacial score (nSPS) is 14.6. The van der Waals surface area contributed by atoms with E-state index in [4.69, 9.17) is 23.2 Å². The topological polar surface area (TPSA) is 35.6 Å². The summed E-state index contributed by atoms with van der Waals surface area (Å²) in [6.45, 7) is 7.16. The molecular formula is C19H21Cl2N3O. The summed E-state index contributed by atoms with van der Waals surface area (Å²) < 4.78 is 0. The molecule has 1 fully saturated rings. The fourth-order valence-electron chi connectivity index (χ4n) is 3.01. The van der Waals surface area contributed by atoms with Gasteiger partial charge in [-0.2, -0.15) is 0 Å². The first kappa shape index (κ1) is 17.9. The largest absolute Gasteiger partial charge is 0.368 e. The molecule has 0 unspecified atom stereocenters. The maximum Gasteiger partial charge on any atom is 0.322 e. The Hall–Kier alpha value is -1.91. The molecule has 1 aliphatic rings. The molecule has 1 heterocycles. The van der Waals surface area contributed by atoms with E-state index < -0.39 is 0 Å². The molecule has 1 saturated heterocycles. The Morgan fingerprint density at radius 3 is 2.48 bits per heavy atom. The van der Waals surface area contributed by atoms with E-state index in [0.717, 1.165) is 13.1 Å². The van der Waals surface area contributed by atoms with Gasteiger partial charge in [-0.15, -0.1) is 0 Å². The number of aryl methyl sites for hydroxylation is 2. The fraction of sp³-hybridized carbons (Fsp3) is 0.316. The van der Waals surface area contributed by atoms with Crippen molar-refractivity contribution in [2.45, 2.75) is 13.8 Å². The summed E-state index contributed by atoms with van der Waals surface area (Å²) >= 11 is 12.1. The second-order valence-corrected chi connectivity index (χ2v) is 7.08. The van der Waals surface area contributed by atoms with Gasteiger partial charge in [0.2, 0.25) is 0 Å². The molecule has 2 aromatic rings. The Labute approximate surface area is 158 Å². The van der Waals surface area contributed by atoms with E-state index in [2.05, 4.69) is 42.3 Å². The van der Waals surface area contributed by atoms with Gasteiger partial charge in [0.1, 0.15) is 0 Å². The average Bonchev–Trinajstić information content (AvgIpc) is 2.61. The van der Waals surface area contributed by atoms with Crippen LogP contribution in [0, 0.1) is 13.8 Å². The predicted octanol–water partition coefficient (Wildman–Crippen LogP) is 4.96. The van der Waals surface area contributed by atoms with Crippen molar-refractivity contribution in [3.63, 3.8) is 0 Å². The molecule has 6 heteroatoms. The molecule has 0 atom stereocenters. The van der Waals surface area contributed by atoms with Crippen LogP contribution in [0.3, 0.4) is 0 Å². The molecule has 2 amide bonds. The minimum absolute atomic E-state index is 0.148. The Bertz CT molecular complexity index is 786. The number of nitrogens with zero attached hydrogens (tertiary/aromatic N) is 2. The number of carbonyl (C=O) groups is 1. The molecule has 1 N–H and O–H groups in total. The number of piperazine rings is 1. The van der Waals surface area contributed by atoms with Gasteiger partial charge in [0.15, 0.2) is 0 Å². The van der Waals surface area contributed by atoms with Crippen LogP contribution in [0.1, 0.15) is 11.1 Å². The van der Waals surface area contributed by atoms with Crippen molar-refractivity contribution in [1.82, 2.24) is 4.90 Å². The molecule has 0 bridgehead atoms. The second kappa shape index (κ2) is 7.54. The Morgan fingerprint density at radius 2 is 1.76 bits per heavy atom. The van der Waals surface area contributed by atoms with Gasteiger partial charge in [0.25, 0.3) is 0 Å². The summed E-state index contributed by atoms with van der Waals surface area (Å²) in [5.41, 5.74) is 4.29. The summed E-state index contributed by atoms with van der Waals surface area (Å²) in [6.07, 6.45) is 0. The van der Waals surface area contributed by atoms with Crippen molar-refractivity contribution >= 4 is 40.6 Å². The standard InChI is InChI=1S/C19H21Cl2N3O/c1-13-6-7-14(2)17(12-13)23-8-10-24(11-9-23)19(25)22-16-5-3-4-15(20)18(16)21/h3-7,12H,8-11H2,1-2H3,(H,22,25). The van der Waals surface area contributed by atoms with E-state index in [1.807, 2.05) is 0 Å². The van der Waals surface area contributed by atoms with Gasteiger partial charge >= 0.3 is 6.03 Å². The van der Waals surface area contributed by atoms with Crippen molar-refractivity contribution in [2.75, 3.05) is 36.4 Å². The van der Waals surface area contributed by atoms with E-state index in [1.165, 1.54) is 16.8 Å². The molecular weight excluding hydrogens is 357 g/mol. The lowest BCUT2D eigenvalue weighted by Crippen LogP contribution is -2.50. The molecule has 132 valence electrons. The average molecular weight is 378 g/mol. The molecule has 3 rings (SSSR count). The number of benzene rings is 2. The molecule has 0 spiro atoms. The number of rotatable bonds is 2. The molecule has 0 aromatic heterocycles. The molecule has 0 saturated carbocycles.